The summed E-state index contributed by atoms with van der Waals surface area (Å²) in [7, 11) is 3.62. The average molecular weight is 1110 g/mol. The topological polar surface area (TPSA) is 65.1 Å². The molecule has 1 aliphatic rings. The second kappa shape index (κ2) is 22.0. The fourth-order valence-electron chi connectivity index (χ4n) is 12.3. The van der Waals surface area contributed by atoms with Gasteiger partial charge < -0.3 is 25.0 Å². The molecule has 0 spiro atoms. The Morgan fingerprint density at radius 1 is 0.388 bits per heavy atom. The molecule has 15 rings (SSSR count). The van der Waals surface area contributed by atoms with Crippen LogP contribution in [0.15, 0.2) is 319 Å². The fraction of sp³-hybridized carbons (Fsp3) is 0.0132. The molecular formula is C76H55N8P. The van der Waals surface area contributed by atoms with Crippen molar-refractivity contribution in [3.63, 3.8) is 0 Å². The minimum Gasteiger partial charge on any atom is -0.355 e. The fourth-order valence-corrected chi connectivity index (χ4v) is 12.4. The smallest absolute Gasteiger partial charge is 0.201 e. The van der Waals surface area contributed by atoms with Crippen LogP contribution in [0.1, 0.15) is 17.4 Å². The van der Waals surface area contributed by atoms with E-state index in [9.17, 15) is 0 Å². The first-order valence-electron chi connectivity index (χ1n) is 28.6. The maximum Gasteiger partial charge on any atom is 0.201 e. The number of nitrogens with zero attached hydrogens (tertiary/aromatic N) is 6. The molecule has 1 unspecified atom stereocenters. The highest BCUT2D eigenvalue weighted by Crippen LogP contribution is 2.45. The molecule has 9 heteroatoms. The van der Waals surface area contributed by atoms with E-state index in [0.717, 1.165) is 129 Å². The number of hydrogen-bond acceptors (Lipinski definition) is 6. The van der Waals surface area contributed by atoms with Gasteiger partial charge in [-0.25, -0.2) is 9.74 Å². The van der Waals surface area contributed by atoms with Gasteiger partial charge in [0.25, 0.3) is 0 Å². The molecule has 1 atom stereocenters. The largest absolute Gasteiger partial charge is 0.355 e. The minimum absolute atomic E-state index is 0.667. The summed E-state index contributed by atoms with van der Waals surface area (Å²) in [6.45, 7) is 0. The van der Waals surface area contributed by atoms with Gasteiger partial charge >= 0.3 is 0 Å². The van der Waals surface area contributed by atoms with Crippen molar-refractivity contribution in [3.05, 3.63) is 321 Å². The molecule has 12 aromatic carbocycles. The van der Waals surface area contributed by atoms with Gasteiger partial charge in [-0.05, 0) is 148 Å². The zero-order valence-corrected chi connectivity index (χ0v) is 47.2. The van der Waals surface area contributed by atoms with Crippen LogP contribution < -0.4 is 20.4 Å². The number of nitrogens with one attached hydrogen (secondary N) is 2. The van der Waals surface area contributed by atoms with E-state index in [1.165, 1.54) is 5.39 Å². The molecule has 0 aliphatic carbocycles. The van der Waals surface area contributed by atoms with E-state index in [1.807, 2.05) is 0 Å². The average Bonchev–Trinajstić information content (AvgIpc) is 1.68. The molecule has 0 saturated heterocycles. The quantitative estimate of drug-likeness (QED) is 0.107. The number of aromatic nitrogens is 2. The van der Waals surface area contributed by atoms with Gasteiger partial charge in [0.05, 0.1) is 33.5 Å². The highest BCUT2D eigenvalue weighted by molar-refractivity contribution is 7.04. The van der Waals surface area contributed by atoms with Crippen molar-refractivity contribution in [2.24, 2.45) is 9.74 Å². The van der Waals surface area contributed by atoms with Crippen LogP contribution in [0, 0.1) is 0 Å². The van der Waals surface area contributed by atoms with Crippen molar-refractivity contribution >= 4 is 115 Å². The summed E-state index contributed by atoms with van der Waals surface area (Å²) >= 11 is 0. The molecule has 3 heterocycles. The first-order valence-corrected chi connectivity index (χ1v) is 29.0. The molecule has 85 heavy (non-hydrogen) atoms. The van der Waals surface area contributed by atoms with Crippen LogP contribution in [0.5, 0.6) is 0 Å². The summed E-state index contributed by atoms with van der Waals surface area (Å²) in [6, 6.07) is 107. The molecule has 14 aromatic rings. The summed E-state index contributed by atoms with van der Waals surface area (Å²) in [5, 5.41) is 12.6. The number of fused-ring (bicyclic) bond motifs is 7. The van der Waals surface area contributed by atoms with Crippen LogP contribution >= 0.6 is 9.03 Å². The molecule has 0 fully saturated rings. The van der Waals surface area contributed by atoms with Crippen LogP contribution in [-0.2, 0) is 0 Å². The molecule has 0 saturated carbocycles. The third-order valence-corrected chi connectivity index (χ3v) is 16.2. The van der Waals surface area contributed by atoms with Crippen molar-refractivity contribution in [1.82, 2.24) is 14.5 Å². The summed E-state index contributed by atoms with van der Waals surface area (Å²) in [5.74, 6) is 0. The van der Waals surface area contributed by atoms with E-state index < -0.39 is 6.29 Å². The zero-order chi connectivity index (χ0) is 56.6. The summed E-state index contributed by atoms with van der Waals surface area (Å²) in [5.41, 5.74) is 19.8. The molecule has 0 amide bonds. The predicted octanol–water partition coefficient (Wildman–Crippen LogP) is 20.8. The lowest BCUT2D eigenvalue weighted by Gasteiger charge is -2.30. The van der Waals surface area contributed by atoms with Gasteiger partial charge in [-0.1, -0.05) is 182 Å². The number of aliphatic imine (C=N–C) groups is 1. The number of allylic oxidation sites excluding steroid dienone is 1. The Morgan fingerprint density at radius 2 is 0.882 bits per heavy atom. The molecule has 2 N–H and O–H groups in total. The molecule has 1 aliphatic heterocycles. The van der Waals surface area contributed by atoms with Gasteiger partial charge in [-0.15, -0.1) is 0 Å². The van der Waals surface area contributed by atoms with E-state index in [-0.39, 0.29) is 0 Å². The monoisotopic (exact) mass is 1110 g/mol. The number of para-hydroxylation sites is 7. The van der Waals surface area contributed by atoms with Gasteiger partial charge in [0.2, 0.25) is 6.29 Å². The lowest BCUT2D eigenvalue weighted by molar-refractivity contribution is 0.509. The first kappa shape index (κ1) is 50.9. The molecule has 0 radical (unpaired) electrons. The highest BCUT2D eigenvalue weighted by atomic mass is 31.0. The Bertz CT molecular complexity index is 4770. The zero-order valence-electron chi connectivity index (χ0n) is 46.2. The van der Waals surface area contributed by atoms with Gasteiger partial charge in [-0.2, -0.15) is 0 Å². The van der Waals surface area contributed by atoms with Crippen LogP contribution in [-0.4, -0.2) is 14.8 Å². The van der Waals surface area contributed by atoms with E-state index in [1.54, 1.807) is 0 Å². The van der Waals surface area contributed by atoms with Crippen LogP contribution in [0.4, 0.5) is 51.2 Å². The Kier molecular flexibility index (Phi) is 13.2. The number of benzene rings is 12. The molecule has 0 bridgehead atoms. The van der Waals surface area contributed by atoms with Crippen LogP contribution in [0.3, 0.4) is 0 Å². The van der Waals surface area contributed by atoms with Crippen molar-refractivity contribution in [1.29, 1.82) is 0 Å². The SMILES string of the molecule is P=Nc1cc(C2=CC(c3cc(Nc4cccc(-c5ccccc5)c4)cc(N(c4ccccc4)c4ccccc4)c3)=NC(n3c4ccccc4c4ccc5c6ccccc6n(-c6ccccc6)c5c43)N2)cc(N(c2ccccc2)c2ccccc2)c1. The maximum absolute atomic E-state index is 5.97. The van der Waals surface area contributed by atoms with Gasteiger partial charge in [-0.3, -0.25) is 4.57 Å². The maximum atomic E-state index is 5.97. The predicted molar refractivity (Wildman–Crippen MR) is 358 cm³/mol. The number of hydrogen-bond donors (Lipinski definition) is 2. The van der Waals surface area contributed by atoms with Crippen molar-refractivity contribution in [2.75, 3.05) is 15.1 Å². The van der Waals surface area contributed by atoms with E-state index in [4.69, 9.17) is 9.74 Å². The third-order valence-electron chi connectivity index (χ3n) is 16.0. The van der Waals surface area contributed by atoms with Crippen LogP contribution in [0.25, 0.3) is 66.1 Å². The van der Waals surface area contributed by atoms with E-state index >= 15 is 0 Å². The second-order valence-electron chi connectivity index (χ2n) is 21.2. The number of anilines is 8. The Morgan fingerprint density at radius 3 is 1.49 bits per heavy atom. The lowest BCUT2D eigenvalue weighted by atomic mass is 10.0. The molecule has 2 aromatic heterocycles. The lowest BCUT2D eigenvalue weighted by Crippen LogP contribution is -2.29. The van der Waals surface area contributed by atoms with Gasteiger partial charge in [0.15, 0.2) is 0 Å². The molecular weight excluding hydrogens is 1060 g/mol. The minimum atomic E-state index is -0.667. The normalized spacial score (nSPS) is 13.1. The molecule has 404 valence electrons. The van der Waals surface area contributed by atoms with Crippen molar-refractivity contribution in [3.8, 4) is 16.8 Å². The second-order valence-corrected chi connectivity index (χ2v) is 21.5. The Labute approximate surface area is 495 Å². The third kappa shape index (κ3) is 9.56. The van der Waals surface area contributed by atoms with Crippen molar-refractivity contribution in [2.45, 2.75) is 6.29 Å². The standard InChI is InChI=1S/C76H55N8P/c85-80-58-46-55(48-65(50-58)82(61-32-13-4-14-33-61)62-34-15-5-16-35-62)71-51-70(78-76(79-71)84-73-41-22-20-39-67(73)69-43-42-68-66-38-19-21-40-72(66)83(74(68)75(69)84)63-36-17-6-18-37-63)54-45-57(77-56-27-23-26-53(44-56)52-24-7-1-8-25-52)49-64(47-54)81(59-28-9-2-10-29-59)60-30-11-3-12-31-60/h1-51,76-77,79,85H. The van der Waals surface area contributed by atoms with Crippen LogP contribution in [0.2, 0.25) is 0 Å². The number of rotatable bonds is 14. The van der Waals surface area contributed by atoms with Gasteiger partial charge in [0, 0.05) is 89.6 Å². The van der Waals surface area contributed by atoms with Crippen molar-refractivity contribution < 1.29 is 0 Å². The summed E-state index contributed by atoms with van der Waals surface area (Å²) in [6.07, 6.45) is 1.54. The highest BCUT2D eigenvalue weighted by Gasteiger charge is 2.29. The van der Waals surface area contributed by atoms with E-state index in [2.05, 4.69) is 348 Å². The Hall–Kier alpha value is -11.1. The van der Waals surface area contributed by atoms with E-state index in [0.29, 0.717) is 0 Å². The van der Waals surface area contributed by atoms with Gasteiger partial charge in [0.1, 0.15) is 0 Å². The Balaban J connectivity index is 0.999. The molecule has 8 nitrogen and oxygen atoms in total. The summed E-state index contributed by atoms with van der Waals surface area (Å²) < 4.78 is 9.57. The summed E-state index contributed by atoms with van der Waals surface area (Å²) in [4.78, 5) is 10.6. The first-order chi connectivity index (χ1) is 42.1.